The SMILES string of the molecule is Cn1ncc([N+](=O)[O-])c1N1CCCCCC1(C)C. The van der Waals surface area contributed by atoms with E-state index in [0.717, 1.165) is 19.4 Å². The quantitative estimate of drug-likeness (QED) is 0.599. The molecule has 0 unspecified atom stereocenters. The number of aryl methyl sites for hydroxylation is 1. The Balaban J connectivity index is 2.45. The van der Waals surface area contributed by atoms with Gasteiger partial charge in [-0.1, -0.05) is 12.8 Å². The fraction of sp³-hybridized carbons (Fsp3) is 0.750. The normalized spacial score (nSPS) is 19.6. The molecular formula is C12H20N4O2. The van der Waals surface area contributed by atoms with E-state index in [9.17, 15) is 10.1 Å². The Morgan fingerprint density at radius 3 is 2.78 bits per heavy atom. The summed E-state index contributed by atoms with van der Waals surface area (Å²) in [5, 5.41) is 15.1. The van der Waals surface area contributed by atoms with Crippen molar-refractivity contribution in [3.8, 4) is 0 Å². The Bertz CT molecular complexity index is 453. The van der Waals surface area contributed by atoms with Crippen LogP contribution in [0.15, 0.2) is 6.20 Å². The lowest BCUT2D eigenvalue weighted by Crippen LogP contribution is -2.44. The summed E-state index contributed by atoms with van der Waals surface area (Å²) in [5.41, 5.74) is 0.0437. The maximum Gasteiger partial charge on any atom is 0.331 e. The molecule has 0 bridgehead atoms. The van der Waals surface area contributed by atoms with Gasteiger partial charge in [0.25, 0.3) is 0 Å². The third-order valence-electron chi connectivity index (χ3n) is 3.74. The Kier molecular flexibility index (Phi) is 3.28. The van der Waals surface area contributed by atoms with Gasteiger partial charge in [0.05, 0.1) is 4.92 Å². The maximum absolute atomic E-state index is 11.1. The van der Waals surface area contributed by atoms with E-state index in [1.165, 1.54) is 19.0 Å². The molecule has 1 aliphatic heterocycles. The molecule has 18 heavy (non-hydrogen) atoms. The molecule has 0 amide bonds. The van der Waals surface area contributed by atoms with Crippen molar-refractivity contribution in [2.75, 3.05) is 11.4 Å². The standard InChI is InChI=1S/C12H20N4O2/c1-12(2)7-5-4-6-8-15(12)11-10(16(17)18)9-13-14(11)3/h9H,4-8H2,1-3H3. The molecular weight excluding hydrogens is 232 g/mol. The number of aromatic nitrogens is 2. The number of nitrogens with zero attached hydrogens (tertiary/aromatic N) is 4. The summed E-state index contributed by atoms with van der Waals surface area (Å²) >= 11 is 0. The minimum atomic E-state index is -0.344. The third kappa shape index (κ3) is 2.19. The molecule has 2 heterocycles. The molecule has 1 aromatic rings. The number of rotatable bonds is 2. The summed E-state index contributed by atoms with van der Waals surface area (Å²) in [6.45, 7) is 5.15. The Morgan fingerprint density at radius 1 is 1.39 bits per heavy atom. The second-order valence-electron chi connectivity index (χ2n) is 5.51. The second-order valence-corrected chi connectivity index (χ2v) is 5.51. The lowest BCUT2D eigenvalue weighted by Gasteiger charge is -2.38. The molecule has 1 saturated heterocycles. The second kappa shape index (κ2) is 4.59. The van der Waals surface area contributed by atoms with E-state index in [2.05, 4.69) is 23.8 Å². The molecule has 1 aliphatic rings. The van der Waals surface area contributed by atoms with Gasteiger partial charge in [0.1, 0.15) is 6.20 Å². The Morgan fingerprint density at radius 2 is 2.11 bits per heavy atom. The largest absolute Gasteiger partial charge is 0.346 e. The molecule has 2 rings (SSSR count). The van der Waals surface area contributed by atoms with Gasteiger partial charge in [0.15, 0.2) is 0 Å². The molecule has 0 atom stereocenters. The zero-order valence-corrected chi connectivity index (χ0v) is 11.2. The minimum Gasteiger partial charge on any atom is -0.346 e. The van der Waals surface area contributed by atoms with E-state index in [4.69, 9.17) is 0 Å². The van der Waals surface area contributed by atoms with Crippen molar-refractivity contribution in [1.29, 1.82) is 0 Å². The van der Waals surface area contributed by atoms with Crippen molar-refractivity contribution in [3.05, 3.63) is 16.3 Å². The molecule has 0 saturated carbocycles. The first kappa shape index (κ1) is 12.9. The van der Waals surface area contributed by atoms with Crippen LogP contribution in [0.4, 0.5) is 11.5 Å². The summed E-state index contributed by atoms with van der Waals surface area (Å²) in [5.74, 6) is 0.631. The van der Waals surface area contributed by atoms with Gasteiger partial charge in [-0.3, -0.25) is 10.1 Å². The van der Waals surface area contributed by atoms with Gasteiger partial charge in [0, 0.05) is 19.1 Å². The summed E-state index contributed by atoms with van der Waals surface area (Å²) in [6.07, 6.45) is 5.83. The molecule has 6 heteroatoms. The first-order chi connectivity index (χ1) is 8.43. The van der Waals surface area contributed by atoms with Crippen molar-refractivity contribution in [2.45, 2.75) is 45.1 Å². The highest BCUT2D eigenvalue weighted by molar-refractivity contribution is 5.59. The third-order valence-corrected chi connectivity index (χ3v) is 3.74. The zero-order valence-electron chi connectivity index (χ0n) is 11.2. The van der Waals surface area contributed by atoms with Crippen LogP contribution in [-0.4, -0.2) is 26.8 Å². The number of anilines is 1. The fourth-order valence-electron chi connectivity index (χ4n) is 2.70. The van der Waals surface area contributed by atoms with Crippen molar-refractivity contribution < 1.29 is 4.92 Å². The Hall–Kier alpha value is -1.59. The molecule has 100 valence electrons. The molecule has 1 fully saturated rings. The average Bonchev–Trinajstić information content (AvgIpc) is 2.56. The van der Waals surface area contributed by atoms with Gasteiger partial charge in [-0.15, -0.1) is 0 Å². The van der Waals surface area contributed by atoms with Gasteiger partial charge in [-0.2, -0.15) is 5.10 Å². The number of nitro groups is 1. The molecule has 1 aromatic heterocycles. The van der Waals surface area contributed by atoms with Gasteiger partial charge < -0.3 is 4.90 Å². The summed E-state index contributed by atoms with van der Waals surface area (Å²) in [7, 11) is 1.77. The lowest BCUT2D eigenvalue weighted by molar-refractivity contribution is -0.384. The zero-order chi connectivity index (χ0) is 13.3. The van der Waals surface area contributed by atoms with Crippen molar-refractivity contribution in [1.82, 2.24) is 9.78 Å². The Labute approximate surface area is 107 Å². The maximum atomic E-state index is 11.1. The van der Waals surface area contributed by atoms with Crippen LogP contribution in [0.25, 0.3) is 0 Å². The van der Waals surface area contributed by atoms with Crippen molar-refractivity contribution >= 4 is 11.5 Å². The first-order valence-electron chi connectivity index (χ1n) is 6.37. The summed E-state index contributed by atoms with van der Waals surface area (Å²) < 4.78 is 1.62. The summed E-state index contributed by atoms with van der Waals surface area (Å²) in [4.78, 5) is 12.9. The molecule has 0 spiro atoms. The average molecular weight is 252 g/mol. The van der Waals surface area contributed by atoms with Crippen LogP contribution < -0.4 is 4.90 Å². The highest BCUT2D eigenvalue weighted by Crippen LogP contribution is 2.36. The van der Waals surface area contributed by atoms with E-state index in [1.54, 1.807) is 11.7 Å². The van der Waals surface area contributed by atoms with Crippen LogP contribution in [0.3, 0.4) is 0 Å². The van der Waals surface area contributed by atoms with Crippen LogP contribution >= 0.6 is 0 Å². The van der Waals surface area contributed by atoms with Crippen molar-refractivity contribution in [3.63, 3.8) is 0 Å². The van der Waals surface area contributed by atoms with Gasteiger partial charge in [-0.25, -0.2) is 4.68 Å². The van der Waals surface area contributed by atoms with Crippen LogP contribution in [-0.2, 0) is 7.05 Å². The van der Waals surface area contributed by atoms with Crippen molar-refractivity contribution in [2.24, 2.45) is 7.05 Å². The van der Waals surface area contributed by atoms with Crippen LogP contribution in [0, 0.1) is 10.1 Å². The predicted molar refractivity (Wildman–Crippen MR) is 69.8 cm³/mol. The fourth-order valence-corrected chi connectivity index (χ4v) is 2.70. The highest BCUT2D eigenvalue weighted by atomic mass is 16.6. The number of hydrogen-bond donors (Lipinski definition) is 0. The van der Waals surface area contributed by atoms with E-state index >= 15 is 0 Å². The van der Waals surface area contributed by atoms with Crippen LogP contribution in [0.2, 0.25) is 0 Å². The molecule has 0 aliphatic carbocycles. The predicted octanol–water partition coefficient (Wildman–Crippen LogP) is 2.49. The molecule has 6 nitrogen and oxygen atoms in total. The smallest absolute Gasteiger partial charge is 0.331 e. The highest BCUT2D eigenvalue weighted by Gasteiger charge is 2.35. The van der Waals surface area contributed by atoms with Gasteiger partial charge >= 0.3 is 5.69 Å². The van der Waals surface area contributed by atoms with E-state index in [-0.39, 0.29) is 16.1 Å². The van der Waals surface area contributed by atoms with E-state index in [0.29, 0.717) is 5.82 Å². The lowest BCUT2D eigenvalue weighted by atomic mass is 9.97. The van der Waals surface area contributed by atoms with Gasteiger partial charge in [0.2, 0.25) is 5.82 Å². The molecule has 0 radical (unpaired) electrons. The van der Waals surface area contributed by atoms with Crippen LogP contribution in [0.1, 0.15) is 39.5 Å². The monoisotopic (exact) mass is 252 g/mol. The van der Waals surface area contributed by atoms with E-state index < -0.39 is 0 Å². The molecule has 0 N–H and O–H groups in total. The summed E-state index contributed by atoms with van der Waals surface area (Å²) in [6, 6.07) is 0. The van der Waals surface area contributed by atoms with Crippen LogP contribution in [0.5, 0.6) is 0 Å². The minimum absolute atomic E-state index is 0.0605. The van der Waals surface area contributed by atoms with E-state index in [1.807, 2.05) is 0 Å². The van der Waals surface area contributed by atoms with Gasteiger partial charge in [-0.05, 0) is 26.7 Å². The first-order valence-corrected chi connectivity index (χ1v) is 6.37. The topological polar surface area (TPSA) is 64.2 Å². The number of hydrogen-bond acceptors (Lipinski definition) is 4. The molecule has 0 aromatic carbocycles.